The summed E-state index contributed by atoms with van der Waals surface area (Å²) in [5.74, 6) is -0.808. The van der Waals surface area contributed by atoms with E-state index in [9.17, 15) is 29.8 Å². The number of aliphatic carboxylic acids is 1. The highest BCUT2D eigenvalue weighted by Gasteiger charge is 2.11. The fourth-order valence-corrected chi connectivity index (χ4v) is 1.83. The number of amides is 1. The van der Waals surface area contributed by atoms with Gasteiger partial charge in [-0.1, -0.05) is 0 Å². The van der Waals surface area contributed by atoms with Gasteiger partial charge >= 0.3 is 5.97 Å². The van der Waals surface area contributed by atoms with Crippen molar-refractivity contribution >= 4 is 23.3 Å². The molecule has 1 amide bonds. The van der Waals surface area contributed by atoms with Gasteiger partial charge in [-0.25, -0.2) is 0 Å². The summed E-state index contributed by atoms with van der Waals surface area (Å²) in [6, 6.07) is 10.1. The summed E-state index contributed by atoms with van der Waals surface area (Å²) in [4.78, 5) is 40.1. The van der Waals surface area contributed by atoms with Crippen LogP contribution in [0.15, 0.2) is 48.5 Å². The van der Waals surface area contributed by atoms with Gasteiger partial charge in [-0.15, -0.1) is 0 Å². The minimum Gasteiger partial charge on any atom is -0.480 e. The molecular weight excluding hydrogens is 388 g/mol. The lowest BCUT2D eigenvalue weighted by atomic mass is 10.2. The normalized spacial score (nSPS) is 10.8. The van der Waals surface area contributed by atoms with Crippen molar-refractivity contribution in [3.05, 3.63) is 68.8 Å². The van der Waals surface area contributed by atoms with Crippen LogP contribution in [0.2, 0.25) is 0 Å². The number of hydrogen-bond acceptors (Lipinski definition) is 8. The molecule has 0 fully saturated rings. The zero-order valence-corrected chi connectivity index (χ0v) is 15.0. The summed E-state index contributed by atoms with van der Waals surface area (Å²) in [6.45, 7) is 0. The Kier molecular flexibility index (Phi) is 8.67. The van der Waals surface area contributed by atoms with Gasteiger partial charge in [0.1, 0.15) is 17.5 Å². The number of primary amides is 1. The third-order valence-corrected chi connectivity index (χ3v) is 3.35. The number of non-ortho nitro benzene ring substituents is 2. The number of benzene rings is 2. The molecule has 0 saturated heterocycles. The largest absolute Gasteiger partial charge is 0.480 e. The molecule has 0 bridgehead atoms. The van der Waals surface area contributed by atoms with Gasteiger partial charge in [-0.3, -0.25) is 29.8 Å². The average molecular weight is 406 g/mol. The fraction of sp³-hybridized carbons (Fsp3) is 0.176. The van der Waals surface area contributed by atoms with Crippen LogP contribution in [-0.4, -0.2) is 32.9 Å². The number of nitro benzene ring substituents is 2. The second-order valence-electron chi connectivity index (χ2n) is 5.55. The Morgan fingerprint density at radius 3 is 1.59 bits per heavy atom. The molecule has 29 heavy (non-hydrogen) atoms. The number of carboxylic acid groups (broad SMARTS) is 1. The van der Waals surface area contributed by atoms with Crippen molar-refractivity contribution < 1.29 is 29.3 Å². The van der Waals surface area contributed by atoms with E-state index in [-0.39, 0.29) is 24.2 Å². The first-order valence-electron chi connectivity index (χ1n) is 8.03. The van der Waals surface area contributed by atoms with Gasteiger partial charge in [0.15, 0.2) is 0 Å². The lowest BCUT2D eigenvalue weighted by Gasteiger charge is -2.04. The summed E-state index contributed by atoms with van der Waals surface area (Å²) in [6.07, 6.45) is 0.123. The van der Waals surface area contributed by atoms with Crippen molar-refractivity contribution in [3.8, 4) is 11.5 Å². The van der Waals surface area contributed by atoms with Gasteiger partial charge in [-0.05, 0) is 30.7 Å². The first-order chi connectivity index (χ1) is 13.6. The highest BCUT2D eigenvalue weighted by Crippen LogP contribution is 2.25. The number of rotatable bonds is 8. The highest BCUT2D eigenvalue weighted by molar-refractivity contribution is 5.76. The monoisotopic (exact) mass is 406 g/mol. The Morgan fingerprint density at radius 2 is 1.31 bits per heavy atom. The van der Waals surface area contributed by atoms with Gasteiger partial charge in [0.25, 0.3) is 11.4 Å². The molecule has 0 aliphatic rings. The van der Waals surface area contributed by atoms with Crippen molar-refractivity contribution in [3.63, 3.8) is 0 Å². The molecule has 0 heterocycles. The second-order valence-corrected chi connectivity index (χ2v) is 5.55. The van der Waals surface area contributed by atoms with Crippen LogP contribution in [0.1, 0.15) is 12.8 Å². The molecule has 12 heteroatoms. The van der Waals surface area contributed by atoms with Gasteiger partial charge in [0.2, 0.25) is 5.91 Å². The Hall–Kier alpha value is -4.06. The number of nitrogens with zero attached hydrogens (tertiary/aromatic N) is 2. The molecule has 154 valence electrons. The van der Waals surface area contributed by atoms with Gasteiger partial charge in [0, 0.05) is 30.7 Å². The zero-order chi connectivity index (χ0) is 22.0. The average Bonchev–Trinajstić information content (AvgIpc) is 2.67. The molecule has 0 aliphatic carbocycles. The summed E-state index contributed by atoms with van der Waals surface area (Å²) < 4.78 is 5.40. The maximum atomic E-state index is 10.5. The minimum absolute atomic E-state index is 0.0213. The Bertz CT molecular complexity index is 813. The molecular formula is C17H18N4O8. The number of carbonyl (C=O) groups excluding carboxylic acids is 1. The standard InChI is InChI=1S/C12H8N2O5.C5H10N2O3/c15-13(16)9-1-5-11(6-2-9)19-12-7-3-10(4-8-12)14(17)18;6-3(5(9)10)1-2-4(7)8/h1-8H;3H,1-2,6H2,(H2,7,8)(H,9,10)/t;3-/m.0/s1. The van der Waals surface area contributed by atoms with Crippen molar-refractivity contribution in [2.75, 3.05) is 0 Å². The molecule has 12 nitrogen and oxygen atoms in total. The summed E-state index contributed by atoms with van der Waals surface area (Å²) in [5.41, 5.74) is 9.75. The molecule has 5 N–H and O–H groups in total. The van der Waals surface area contributed by atoms with E-state index in [0.29, 0.717) is 11.5 Å². The fourth-order valence-electron chi connectivity index (χ4n) is 1.83. The number of hydrogen-bond donors (Lipinski definition) is 3. The minimum atomic E-state index is -1.11. The third-order valence-electron chi connectivity index (χ3n) is 3.35. The van der Waals surface area contributed by atoms with Crippen molar-refractivity contribution in [2.45, 2.75) is 18.9 Å². The quantitative estimate of drug-likeness (QED) is 0.432. The number of carbonyl (C=O) groups is 2. The van der Waals surface area contributed by atoms with E-state index in [2.05, 4.69) is 0 Å². The van der Waals surface area contributed by atoms with Crippen LogP contribution in [0.25, 0.3) is 0 Å². The smallest absolute Gasteiger partial charge is 0.320 e. The molecule has 2 aromatic rings. The Morgan fingerprint density at radius 1 is 0.931 bits per heavy atom. The van der Waals surface area contributed by atoms with Crippen molar-refractivity contribution in [1.82, 2.24) is 0 Å². The predicted octanol–water partition coefficient (Wildman–Crippen LogP) is 1.96. The third kappa shape index (κ3) is 8.45. The van der Waals surface area contributed by atoms with E-state index in [1.165, 1.54) is 48.5 Å². The maximum absolute atomic E-state index is 10.5. The summed E-state index contributed by atoms with van der Waals surface area (Å²) in [5, 5.41) is 29.2. The molecule has 0 unspecified atom stereocenters. The molecule has 2 rings (SSSR count). The topological polar surface area (TPSA) is 202 Å². The van der Waals surface area contributed by atoms with Crippen molar-refractivity contribution in [2.24, 2.45) is 11.5 Å². The van der Waals surface area contributed by atoms with Crippen LogP contribution < -0.4 is 16.2 Å². The molecule has 0 spiro atoms. The van der Waals surface area contributed by atoms with E-state index >= 15 is 0 Å². The maximum Gasteiger partial charge on any atom is 0.320 e. The van der Waals surface area contributed by atoms with Crippen LogP contribution >= 0.6 is 0 Å². The first-order valence-corrected chi connectivity index (χ1v) is 8.03. The molecule has 0 radical (unpaired) electrons. The molecule has 0 saturated carbocycles. The van der Waals surface area contributed by atoms with Crippen LogP contribution in [0.3, 0.4) is 0 Å². The van der Waals surface area contributed by atoms with Crippen LogP contribution in [0, 0.1) is 20.2 Å². The van der Waals surface area contributed by atoms with Crippen LogP contribution in [-0.2, 0) is 9.59 Å². The summed E-state index contributed by atoms with van der Waals surface area (Å²) in [7, 11) is 0. The lowest BCUT2D eigenvalue weighted by Crippen LogP contribution is -2.31. The Balaban J connectivity index is 0.000000359. The van der Waals surface area contributed by atoms with Gasteiger partial charge in [0.05, 0.1) is 9.85 Å². The van der Waals surface area contributed by atoms with E-state index in [0.717, 1.165) is 0 Å². The SMILES string of the molecule is NC(=O)CC[C@H](N)C(=O)O.O=[N+]([O-])c1ccc(Oc2ccc([N+](=O)[O-])cc2)cc1. The lowest BCUT2D eigenvalue weighted by molar-refractivity contribution is -0.385. The van der Waals surface area contributed by atoms with Gasteiger partial charge in [-0.2, -0.15) is 0 Å². The molecule has 2 aromatic carbocycles. The van der Waals surface area contributed by atoms with Crippen LogP contribution in [0.5, 0.6) is 11.5 Å². The molecule has 0 aliphatic heterocycles. The number of nitrogens with two attached hydrogens (primary N) is 2. The van der Waals surface area contributed by atoms with E-state index in [1.807, 2.05) is 0 Å². The van der Waals surface area contributed by atoms with Crippen molar-refractivity contribution in [1.29, 1.82) is 0 Å². The predicted molar refractivity (Wildman–Crippen MR) is 100 cm³/mol. The first kappa shape index (κ1) is 23.0. The zero-order valence-electron chi connectivity index (χ0n) is 15.0. The highest BCUT2D eigenvalue weighted by atomic mass is 16.6. The summed E-state index contributed by atoms with van der Waals surface area (Å²) >= 11 is 0. The number of ether oxygens (including phenoxy) is 1. The second kappa shape index (κ2) is 10.9. The van der Waals surface area contributed by atoms with E-state index in [1.54, 1.807) is 0 Å². The van der Waals surface area contributed by atoms with Gasteiger partial charge < -0.3 is 21.3 Å². The number of nitro groups is 2. The molecule has 0 aromatic heterocycles. The van der Waals surface area contributed by atoms with E-state index < -0.39 is 27.8 Å². The Labute approximate surface area is 164 Å². The number of carboxylic acids is 1. The van der Waals surface area contributed by atoms with Crippen LogP contribution in [0.4, 0.5) is 11.4 Å². The molecule has 1 atom stereocenters. The van der Waals surface area contributed by atoms with E-state index in [4.69, 9.17) is 21.3 Å².